The van der Waals surface area contributed by atoms with Crippen LogP contribution in [0.4, 0.5) is 0 Å². The van der Waals surface area contributed by atoms with Gasteiger partial charge in [0.2, 0.25) is 0 Å². The molecule has 10 heavy (non-hydrogen) atoms. The van der Waals surface area contributed by atoms with E-state index < -0.39 is 0 Å². The van der Waals surface area contributed by atoms with Crippen molar-refractivity contribution in [3.05, 3.63) is 12.2 Å². The van der Waals surface area contributed by atoms with E-state index >= 15 is 0 Å². The molecular weight excluding hydrogens is 126 g/mol. The molecule has 58 valence electrons. The fourth-order valence-electron chi connectivity index (χ4n) is 1.14. The molecule has 1 aliphatic heterocycles. The fourth-order valence-corrected chi connectivity index (χ4v) is 1.14. The van der Waals surface area contributed by atoms with Crippen molar-refractivity contribution in [2.24, 2.45) is 0 Å². The van der Waals surface area contributed by atoms with Crippen LogP contribution in [-0.4, -0.2) is 25.8 Å². The molecule has 1 heterocycles. The summed E-state index contributed by atoms with van der Waals surface area (Å²) in [6, 6.07) is 0. The van der Waals surface area contributed by atoms with Crippen LogP contribution in [0, 0.1) is 0 Å². The lowest BCUT2D eigenvalue weighted by atomic mass is 10.1. The average molecular weight is 141 g/mol. The van der Waals surface area contributed by atoms with E-state index in [1.807, 2.05) is 6.92 Å². The lowest BCUT2D eigenvalue weighted by Crippen LogP contribution is -2.38. The third-order valence-corrected chi connectivity index (χ3v) is 1.58. The quantitative estimate of drug-likeness (QED) is 0.578. The number of morpholine rings is 1. The minimum Gasteiger partial charge on any atom is -0.375 e. The molecule has 1 N–H and O–H groups in total. The second-order valence-corrected chi connectivity index (χ2v) is 2.86. The highest BCUT2D eigenvalue weighted by Gasteiger charge is 2.12. The molecule has 0 saturated carbocycles. The average Bonchev–Trinajstić information content (AvgIpc) is 1.88. The first-order chi connectivity index (χ1) is 4.79. The topological polar surface area (TPSA) is 21.3 Å². The van der Waals surface area contributed by atoms with Crippen LogP contribution in [0.15, 0.2) is 12.2 Å². The maximum Gasteiger partial charge on any atom is 0.0736 e. The summed E-state index contributed by atoms with van der Waals surface area (Å²) in [6.45, 7) is 8.70. The van der Waals surface area contributed by atoms with Crippen LogP contribution in [0.5, 0.6) is 0 Å². The molecule has 2 nitrogen and oxygen atoms in total. The number of nitrogens with one attached hydrogen (secondary N) is 1. The van der Waals surface area contributed by atoms with Crippen molar-refractivity contribution >= 4 is 0 Å². The van der Waals surface area contributed by atoms with Gasteiger partial charge in [0.25, 0.3) is 0 Å². The maximum atomic E-state index is 5.47. The summed E-state index contributed by atoms with van der Waals surface area (Å²) in [5.74, 6) is 0. The van der Waals surface area contributed by atoms with E-state index in [-0.39, 0.29) is 0 Å². The molecule has 0 radical (unpaired) electrons. The SMILES string of the molecule is C=C(C)CC1CNCCO1. The van der Waals surface area contributed by atoms with E-state index in [4.69, 9.17) is 4.74 Å². The zero-order valence-electron chi connectivity index (χ0n) is 6.52. The molecule has 1 saturated heterocycles. The second kappa shape index (κ2) is 3.74. The predicted octanol–water partition coefficient (Wildman–Crippen LogP) is 0.941. The Hall–Kier alpha value is -0.340. The molecular formula is C8H15NO. The van der Waals surface area contributed by atoms with Gasteiger partial charge in [-0.05, 0) is 13.3 Å². The van der Waals surface area contributed by atoms with E-state index in [1.54, 1.807) is 0 Å². The van der Waals surface area contributed by atoms with Crippen LogP contribution in [-0.2, 0) is 4.74 Å². The number of hydrogen-bond donors (Lipinski definition) is 1. The molecule has 0 bridgehead atoms. The summed E-state index contributed by atoms with van der Waals surface area (Å²) in [4.78, 5) is 0. The van der Waals surface area contributed by atoms with Crippen LogP contribution >= 0.6 is 0 Å². The van der Waals surface area contributed by atoms with E-state index in [0.29, 0.717) is 6.10 Å². The van der Waals surface area contributed by atoms with Gasteiger partial charge < -0.3 is 10.1 Å². The van der Waals surface area contributed by atoms with Gasteiger partial charge in [0.15, 0.2) is 0 Å². The molecule has 1 unspecified atom stereocenters. The van der Waals surface area contributed by atoms with E-state index in [1.165, 1.54) is 5.57 Å². The Kier molecular flexibility index (Phi) is 2.90. The van der Waals surface area contributed by atoms with Gasteiger partial charge in [-0.15, -0.1) is 6.58 Å². The zero-order valence-corrected chi connectivity index (χ0v) is 6.52. The molecule has 1 atom stereocenters. The molecule has 1 rings (SSSR count). The van der Waals surface area contributed by atoms with E-state index in [0.717, 1.165) is 26.1 Å². The van der Waals surface area contributed by atoms with Gasteiger partial charge in [-0.1, -0.05) is 5.57 Å². The van der Waals surface area contributed by atoms with Crippen molar-refractivity contribution in [3.63, 3.8) is 0 Å². The Bertz CT molecular complexity index is 116. The highest BCUT2D eigenvalue weighted by atomic mass is 16.5. The van der Waals surface area contributed by atoms with Crippen LogP contribution < -0.4 is 5.32 Å². The van der Waals surface area contributed by atoms with E-state index in [9.17, 15) is 0 Å². The molecule has 1 fully saturated rings. The van der Waals surface area contributed by atoms with Gasteiger partial charge in [-0.2, -0.15) is 0 Å². The number of rotatable bonds is 2. The summed E-state index contributed by atoms with van der Waals surface area (Å²) in [5.41, 5.74) is 1.20. The summed E-state index contributed by atoms with van der Waals surface area (Å²) in [6.07, 6.45) is 1.36. The maximum absolute atomic E-state index is 5.47. The normalized spacial score (nSPS) is 26.3. The monoisotopic (exact) mass is 141 g/mol. The van der Waals surface area contributed by atoms with Gasteiger partial charge in [0, 0.05) is 13.1 Å². The molecule has 0 spiro atoms. The highest BCUT2D eigenvalue weighted by molar-refractivity contribution is 4.92. The third-order valence-electron chi connectivity index (χ3n) is 1.58. The van der Waals surface area contributed by atoms with Gasteiger partial charge >= 0.3 is 0 Å². The Morgan fingerprint density at radius 3 is 3.10 bits per heavy atom. The summed E-state index contributed by atoms with van der Waals surface area (Å²) in [7, 11) is 0. The van der Waals surface area contributed by atoms with Gasteiger partial charge in [0.05, 0.1) is 12.7 Å². The molecule has 0 aromatic rings. The Balaban J connectivity index is 2.19. The van der Waals surface area contributed by atoms with Crippen LogP contribution in [0.25, 0.3) is 0 Å². The van der Waals surface area contributed by atoms with Gasteiger partial charge in [0.1, 0.15) is 0 Å². The minimum atomic E-state index is 0.367. The van der Waals surface area contributed by atoms with Crippen molar-refractivity contribution in [1.82, 2.24) is 5.32 Å². The largest absolute Gasteiger partial charge is 0.375 e. The van der Waals surface area contributed by atoms with Crippen molar-refractivity contribution in [2.75, 3.05) is 19.7 Å². The molecule has 0 aromatic carbocycles. The Labute approximate surface area is 62.3 Å². The number of hydrogen-bond acceptors (Lipinski definition) is 2. The summed E-state index contributed by atoms with van der Waals surface area (Å²) in [5, 5.41) is 3.27. The molecule has 2 heteroatoms. The first-order valence-corrected chi connectivity index (χ1v) is 3.76. The predicted molar refractivity (Wildman–Crippen MR) is 42.0 cm³/mol. The van der Waals surface area contributed by atoms with Crippen molar-refractivity contribution in [2.45, 2.75) is 19.4 Å². The third kappa shape index (κ3) is 2.50. The Morgan fingerprint density at radius 2 is 2.60 bits per heavy atom. The van der Waals surface area contributed by atoms with E-state index in [2.05, 4.69) is 11.9 Å². The zero-order chi connectivity index (χ0) is 7.40. The van der Waals surface area contributed by atoms with Gasteiger partial charge in [-0.25, -0.2) is 0 Å². The standard InChI is InChI=1S/C8H15NO/c1-7(2)5-8-6-9-3-4-10-8/h8-9H,1,3-6H2,2H3. The van der Waals surface area contributed by atoms with Crippen molar-refractivity contribution < 1.29 is 4.74 Å². The van der Waals surface area contributed by atoms with Crippen LogP contribution in [0.2, 0.25) is 0 Å². The van der Waals surface area contributed by atoms with Crippen LogP contribution in [0.1, 0.15) is 13.3 Å². The lowest BCUT2D eigenvalue weighted by molar-refractivity contribution is 0.0293. The molecule has 1 aliphatic rings. The van der Waals surface area contributed by atoms with Crippen molar-refractivity contribution in [3.8, 4) is 0 Å². The smallest absolute Gasteiger partial charge is 0.0736 e. The fraction of sp³-hybridized carbons (Fsp3) is 0.750. The van der Waals surface area contributed by atoms with Crippen molar-refractivity contribution in [1.29, 1.82) is 0 Å². The molecule has 0 amide bonds. The molecule has 0 aliphatic carbocycles. The van der Waals surface area contributed by atoms with Gasteiger partial charge in [-0.3, -0.25) is 0 Å². The highest BCUT2D eigenvalue weighted by Crippen LogP contribution is 2.06. The first kappa shape index (κ1) is 7.76. The summed E-state index contributed by atoms with van der Waals surface area (Å²) >= 11 is 0. The van der Waals surface area contributed by atoms with Crippen LogP contribution in [0.3, 0.4) is 0 Å². The summed E-state index contributed by atoms with van der Waals surface area (Å²) < 4.78 is 5.47. The lowest BCUT2D eigenvalue weighted by Gasteiger charge is -2.23. The Morgan fingerprint density at radius 1 is 1.80 bits per heavy atom. The minimum absolute atomic E-state index is 0.367. The first-order valence-electron chi connectivity index (χ1n) is 3.76. The molecule has 0 aromatic heterocycles. The number of ether oxygens (including phenoxy) is 1. The second-order valence-electron chi connectivity index (χ2n) is 2.86.